The van der Waals surface area contributed by atoms with Gasteiger partial charge in [-0.2, -0.15) is 0 Å². The van der Waals surface area contributed by atoms with Gasteiger partial charge in [0.25, 0.3) is 0 Å². The summed E-state index contributed by atoms with van der Waals surface area (Å²) in [6.45, 7) is 12.6. The van der Waals surface area contributed by atoms with Crippen molar-refractivity contribution in [2.45, 2.75) is 59.1 Å². The van der Waals surface area contributed by atoms with E-state index in [1.807, 2.05) is 20.8 Å². The summed E-state index contributed by atoms with van der Waals surface area (Å²) in [6.07, 6.45) is 1.58. The Balaban J connectivity index is 2.48. The van der Waals surface area contributed by atoms with Crippen molar-refractivity contribution in [3.63, 3.8) is 0 Å². The van der Waals surface area contributed by atoms with Gasteiger partial charge in [-0.15, -0.1) is 0 Å². The molecule has 2 N–H and O–H groups in total. The molecule has 3 unspecified atom stereocenters. The smallest absolute Gasteiger partial charge is 0.410 e. The maximum Gasteiger partial charge on any atom is 0.410 e. The van der Waals surface area contributed by atoms with Crippen molar-refractivity contribution in [1.82, 2.24) is 10.2 Å². The summed E-state index contributed by atoms with van der Waals surface area (Å²) < 4.78 is 5.45. The lowest BCUT2D eigenvalue weighted by molar-refractivity contribution is 0.0146. The minimum Gasteiger partial charge on any atom is -0.444 e. The number of aliphatic hydroxyl groups is 1. The molecule has 124 valence electrons. The van der Waals surface area contributed by atoms with Gasteiger partial charge in [0.2, 0.25) is 0 Å². The first-order valence-corrected chi connectivity index (χ1v) is 8.05. The summed E-state index contributed by atoms with van der Waals surface area (Å²) in [6, 6.07) is 0.299. The summed E-state index contributed by atoms with van der Waals surface area (Å²) in [5.41, 5.74) is -0.446. The van der Waals surface area contributed by atoms with Crippen LogP contribution in [-0.2, 0) is 4.74 Å². The van der Waals surface area contributed by atoms with Crippen molar-refractivity contribution in [3.8, 4) is 0 Å². The third kappa shape index (κ3) is 6.66. The molecule has 0 radical (unpaired) electrons. The molecule has 1 saturated heterocycles. The van der Waals surface area contributed by atoms with Crippen LogP contribution in [0.1, 0.15) is 47.5 Å². The van der Waals surface area contributed by atoms with Gasteiger partial charge in [-0.1, -0.05) is 13.8 Å². The third-order valence-corrected chi connectivity index (χ3v) is 3.96. The van der Waals surface area contributed by atoms with Crippen molar-refractivity contribution in [3.05, 3.63) is 0 Å². The first-order chi connectivity index (χ1) is 9.73. The Morgan fingerprint density at radius 2 is 2.14 bits per heavy atom. The summed E-state index contributed by atoms with van der Waals surface area (Å²) >= 11 is 0. The number of hydrogen-bond donors (Lipinski definition) is 2. The molecule has 0 aliphatic carbocycles. The number of rotatable bonds is 5. The standard InChI is InChI=1S/C16H32N2O3/c1-12(7-9-19)10-17-14-11-18(8-6-13(14)2)15(20)21-16(3,4)5/h12-14,17,19H,6-11H2,1-5H3. The lowest BCUT2D eigenvalue weighted by atomic mass is 9.93. The monoisotopic (exact) mass is 300 g/mol. The fraction of sp³-hybridized carbons (Fsp3) is 0.938. The normalized spacial score (nSPS) is 24.8. The van der Waals surface area contributed by atoms with E-state index in [9.17, 15) is 4.79 Å². The topological polar surface area (TPSA) is 61.8 Å². The molecular formula is C16H32N2O3. The van der Waals surface area contributed by atoms with E-state index in [0.717, 1.165) is 25.9 Å². The Kier molecular flexibility index (Phi) is 6.94. The first-order valence-electron chi connectivity index (χ1n) is 8.05. The number of nitrogens with one attached hydrogen (secondary N) is 1. The van der Waals surface area contributed by atoms with Crippen molar-refractivity contribution in [1.29, 1.82) is 0 Å². The molecule has 0 bridgehead atoms. The van der Waals surface area contributed by atoms with Crippen LogP contribution in [0.25, 0.3) is 0 Å². The Morgan fingerprint density at radius 1 is 1.48 bits per heavy atom. The fourth-order valence-corrected chi connectivity index (χ4v) is 2.50. The number of amides is 1. The Hall–Kier alpha value is -0.810. The Morgan fingerprint density at radius 3 is 2.71 bits per heavy atom. The zero-order chi connectivity index (χ0) is 16.0. The van der Waals surface area contributed by atoms with Crippen LogP contribution >= 0.6 is 0 Å². The summed E-state index contributed by atoms with van der Waals surface area (Å²) in [5.74, 6) is 0.990. The number of ether oxygens (including phenoxy) is 1. The molecule has 0 aromatic rings. The molecule has 5 nitrogen and oxygen atoms in total. The zero-order valence-corrected chi connectivity index (χ0v) is 14.2. The van der Waals surface area contributed by atoms with Crippen LogP contribution in [0, 0.1) is 11.8 Å². The highest BCUT2D eigenvalue weighted by molar-refractivity contribution is 5.68. The minimum absolute atomic E-state index is 0.218. The van der Waals surface area contributed by atoms with Gasteiger partial charge in [0, 0.05) is 25.7 Å². The van der Waals surface area contributed by atoms with E-state index in [1.54, 1.807) is 4.90 Å². The van der Waals surface area contributed by atoms with Gasteiger partial charge >= 0.3 is 6.09 Å². The van der Waals surface area contributed by atoms with E-state index in [0.29, 0.717) is 24.4 Å². The summed E-state index contributed by atoms with van der Waals surface area (Å²) in [5, 5.41) is 12.5. The molecule has 21 heavy (non-hydrogen) atoms. The van der Waals surface area contributed by atoms with Crippen LogP contribution < -0.4 is 5.32 Å². The van der Waals surface area contributed by atoms with Crippen molar-refractivity contribution < 1.29 is 14.6 Å². The lowest BCUT2D eigenvalue weighted by Crippen LogP contribution is -2.53. The number of likely N-dealkylation sites (tertiary alicyclic amines) is 1. The van der Waals surface area contributed by atoms with Crippen molar-refractivity contribution >= 4 is 6.09 Å². The highest BCUT2D eigenvalue weighted by Gasteiger charge is 2.31. The molecule has 1 fully saturated rings. The maximum atomic E-state index is 12.1. The van der Waals surface area contributed by atoms with Gasteiger partial charge in [-0.05, 0) is 52.0 Å². The SMILES string of the molecule is CC(CCO)CNC1CN(C(=O)OC(C)(C)C)CCC1C. The van der Waals surface area contributed by atoms with E-state index < -0.39 is 5.60 Å². The van der Waals surface area contributed by atoms with Gasteiger partial charge in [0.15, 0.2) is 0 Å². The van der Waals surface area contributed by atoms with Crippen LogP contribution in [0.4, 0.5) is 4.79 Å². The molecule has 0 aromatic heterocycles. The summed E-state index contributed by atoms with van der Waals surface area (Å²) in [7, 11) is 0. The second-order valence-corrected chi connectivity index (χ2v) is 7.32. The molecule has 1 aliphatic heterocycles. The largest absolute Gasteiger partial charge is 0.444 e. The molecular weight excluding hydrogens is 268 g/mol. The van der Waals surface area contributed by atoms with Crippen LogP contribution in [0.15, 0.2) is 0 Å². The molecule has 5 heteroatoms. The number of carbonyl (C=O) groups excluding carboxylic acids is 1. The van der Waals surface area contributed by atoms with Crippen LogP contribution in [0.2, 0.25) is 0 Å². The predicted octanol–water partition coefficient (Wildman–Crippen LogP) is 2.24. The van der Waals surface area contributed by atoms with E-state index in [2.05, 4.69) is 19.2 Å². The fourth-order valence-electron chi connectivity index (χ4n) is 2.50. The third-order valence-electron chi connectivity index (χ3n) is 3.96. The van der Waals surface area contributed by atoms with E-state index in [1.165, 1.54) is 0 Å². The van der Waals surface area contributed by atoms with E-state index in [-0.39, 0.29) is 12.7 Å². The quantitative estimate of drug-likeness (QED) is 0.817. The Bertz CT molecular complexity index is 328. The molecule has 3 atom stereocenters. The van der Waals surface area contributed by atoms with Gasteiger partial charge in [0.05, 0.1) is 0 Å². The summed E-state index contributed by atoms with van der Waals surface area (Å²) in [4.78, 5) is 14.0. The van der Waals surface area contributed by atoms with Crippen LogP contribution in [-0.4, -0.2) is 54.0 Å². The molecule has 0 spiro atoms. The Labute approximate surface area is 129 Å². The lowest BCUT2D eigenvalue weighted by Gasteiger charge is -2.38. The van der Waals surface area contributed by atoms with E-state index >= 15 is 0 Å². The number of hydrogen-bond acceptors (Lipinski definition) is 4. The molecule has 0 aromatic carbocycles. The van der Waals surface area contributed by atoms with Crippen molar-refractivity contribution in [2.24, 2.45) is 11.8 Å². The average Bonchev–Trinajstić information content (AvgIpc) is 2.36. The number of aliphatic hydroxyl groups excluding tert-OH is 1. The highest BCUT2D eigenvalue weighted by Crippen LogP contribution is 2.20. The number of nitrogens with zero attached hydrogens (tertiary/aromatic N) is 1. The van der Waals surface area contributed by atoms with Gasteiger partial charge in [-0.3, -0.25) is 0 Å². The average molecular weight is 300 g/mol. The zero-order valence-electron chi connectivity index (χ0n) is 14.2. The predicted molar refractivity (Wildman–Crippen MR) is 84.2 cm³/mol. The van der Waals surface area contributed by atoms with Gasteiger partial charge in [0.1, 0.15) is 5.60 Å². The first kappa shape index (κ1) is 18.2. The van der Waals surface area contributed by atoms with E-state index in [4.69, 9.17) is 9.84 Å². The number of piperidine rings is 1. The van der Waals surface area contributed by atoms with Gasteiger partial charge in [-0.25, -0.2) is 4.79 Å². The van der Waals surface area contributed by atoms with Crippen LogP contribution in [0.5, 0.6) is 0 Å². The molecule has 1 heterocycles. The second-order valence-electron chi connectivity index (χ2n) is 7.32. The minimum atomic E-state index is -0.446. The maximum absolute atomic E-state index is 12.1. The molecule has 1 rings (SSSR count). The molecule has 1 aliphatic rings. The van der Waals surface area contributed by atoms with Gasteiger partial charge < -0.3 is 20.1 Å². The molecule has 0 saturated carbocycles. The highest BCUT2D eigenvalue weighted by atomic mass is 16.6. The van der Waals surface area contributed by atoms with Crippen LogP contribution in [0.3, 0.4) is 0 Å². The molecule has 1 amide bonds. The van der Waals surface area contributed by atoms with Crippen molar-refractivity contribution in [2.75, 3.05) is 26.2 Å². The number of carbonyl (C=O) groups is 1. The second kappa shape index (κ2) is 7.99.